The molecule has 5 heteroatoms. The van der Waals surface area contributed by atoms with Gasteiger partial charge in [-0.25, -0.2) is 8.42 Å². The molecule has 0 aliphatic rings. The summed E-state index contributed by atoms with van der Waals surface area (Å²) < 4.78 is 27.4. The van der Waals surface area contributed by atoms with E-state index in [1.54, 1.807) is 4.31 Å². The van der Waals surface area contributed by atoms with Crippen molar-refractivity contribution in [2.24, 2.45) is 5.73 Å². The molecule has 0 saturated carbocycles. The van der Waals surface area contributed by atoms with Crippen LogP contribution in [0.4, 0.5) is 0 Å². The Balaban J connectivity index is 2.13. The van der Waals surface area contributed by atoms with Gasteiger partial charge in [-0.2, -0.15) is 4.31 Å². The van der Waals surface area contributed by atoms with E-state index in [0.717, 1.165) is 11.1 Å². The number of hydrogen-bond acceptors (Lipinski definition) is 3. The van der Waals surface area contributed by atoms with Crippen LogP contribution in [-0.2, 0) is 16.6 Å². The zero-order valence-electron chi connectivity index (χ0n) is 14.1. The standard InChI is InChI=1S/C19H26N2O2S/c1-17(19-11-6-3-7-12-19)16-24(22,23)21(14-8-13-20)15-18-9-4-2-5-10-18/h2-7,9-12,17H,8,13-16,20H2,1H3. The summed E-state index contributed by atoms with van der Waals surface area (Å²) in [5, 5.41) is 0. The minimum Gasteiger partial charge on any atom is -0.330 e. The molecule has 2 rings (SSSR count). The van der Waals surface area contributed by atoms with Crippen LogP contribution >= 0.6 is 0 Å². The molecule has 0 amide bonds. The Hall–Kier alpha value is -1.69. The van der Waals surface area contributed by atoms with Crippen molar-refractivity contribution >= 4 is 10.0 Å². The molecule has 24 heavy (non-hydrogen) atoms. The first-order chi connectivity index (χ1) is 11.5. The number of hydrogen-bond donors (Lipinski definition) is 1. The highest BCUT2D eigenvalue weighted by atomic mass is 32.2. The Bertz CT molecular complexity index is 703. The quantitative estimate of drug-likeness (QED) is 0.759. The highest BCUT2D eigenvalue weighted by molar-refractivity contribution is 7.89. The van der Waals surface area contributed by atoms with Crippen molar-refractivity contribution in [3.05, 3.63) is 71.8 Å². The predicted molar refractivity (Wildman–Crippen MR) is 99.2 cm³/mol. The molecule has 4 nitrogen and oxygen atoms in total. The van der Waals surface area contributed by atoms with Crippen LogP contribution in [0.25, 0.3) is 0 Å². The van der Waals surface area contributed by atoms with Crippen molar-refractivity contribution in [3.63, 3.8) is 0 Å². The van der Waals surface area contributed by atoms with E-state index in [1.807, 2.05) is 67.6 Å². The molecule has 2 N–H and O–H groups in total. The fourth-order valence-electron chi connectivity index (χ4n) is 2.67. The summed E-state index contributed by atoms with van der Waals surface area (Å²) >= 11 is 0. The van der Waals surface area contributed by atoms with E-state index in [9.17, 15) is 8.42 Å². The van der Waals surface area contributed by atoms with Gasteiger partial charge in [0.1, 0.15) is 0 Å². The highest BCUT2D eigenvalue weighted by Crippen LogP contribution is 2.20. The summed E-state index contributed by atoms with van der Waals surface area (Å²) in [7, 11) is -3.36. The molecule has 0 radical (unpaired) electrons. The molecule has 0 aliphatic carbocycles. The molecule has 1 atom stereocenters. The van der Waals surface area contributed by atoms with Crippen LogP contribution in [0.5, 0.6) is 0 Å². The van der Waals surface area contributed by atoms with Crippen LogP contribution in [0.2, 0.25) is 0 Å². The van der Waals surface area contributed by atoms with E-state index in [-0.39, 0.29) is 11.7 Å². The molecule has 2 aromatic carbocycles. The Kier molecular flexibility index (Phi) is 6.97. The number of benzene rings is 2. The topological polar surface area (TPSA) is 63.4 Å². The number of rotatable bonds is 9. The summed E-state index contributed by atoms with van der Waals surface area (Å²) in [6, 6.07) is 19.4. The van der Waals surface area contributed by atoms with Crippen molar-refractivity contribution in [2.75, 3.05) is 18.8 Å². The molecule has 2 aromatic rings. The van der Waals surface area contributed by atoms with E-state index >= 15 is 0 Å². The molecule has 0 aliphatic heterocycles. The lowest BCUT2D eigenvalue weighted by atomic mass is 10.0. The van der Waals surface area contributed by atoms with Gasteiger partial charge in [-0.15, -0.1) is 0 Å². The smallest absolute Gasteiger partial charge is 0.214 e. The third-order valence-corrected chi connectivity index (χ3v) is 6.06. The molecule has 0 saturated heterocycles. The molecule has 0 bridgehead atoms. The van der Waals surface area contributed by atoms with Crippen LogP contribution in [0.3, 0.4) is 0 Å². The van der Waals surface area contributed by atoms with Crippen LogP contribution in [0.1, 0.15) is 30.4 Å². The lowest BCUT2D eigenvalue weighted by Crippen LogP contribution is -2.35. The second kappa shape index (κ2) is 8.97. The Morgan fingerprint density at radius 1 is 1.00 bits per heavy atom. The molecule has 1 unspecified atom stereocenters. The summed E-state index contributed by atoms with van der Waals surface area (Å²) in [6.45, 7) is 3.28. The monoisotopic (exact) mass is 346 g/mol. The number of sulfonamides is 1. The zero-order valence-corrected chi connectivity index (χ0v) is 15.0. The van der Waals surface area contributed by atoms with Crippen LogP contribution in [-0.4, -0.2) is 31.6 Å². The van der Waals surface area contributed by atoms with Gasteiger partial charge in [0.2, 0.25) is 10.0 Å². The lowest BCUT2D eigenvalue weighted by Gasteiger charge is -2.24. The van der Waals surface area contributed by atoms with Gasteiger partial charge >= 0.3 is 0 Å². The Labute approximate surface area is 145 Å². The minimum atomic E-state index is -3.36. The Morgan fingerprint density at radius 2 is 1.58 bits per heavy atom. The SMILES string of the molecule is CC(CS(=O)(=O)N(CCCN)Cc1ccccc1)c1ccccc1. The van der Waals surface area contributed by atoms with Gasteiger partial charge < -0.3 is 5.73 Å². The zero-order chi connectivity index (χ0) is 17.4. The van der Waals surface area contributed by atoms with Gasteiger partial charge in [0.25, 0.3) is 0 Å². The maximum atomic E-state index is 12.9. The first-order valence-corrected chi connectivity index (χ1v) is 9.90. The van der Waals surface area contributed by atoms with Crippen molar-refractivity contribution in [2.45, 2.75) is 25.8 Å². The van der Waals surface area contributed by atoms with Gasteiger partial charge in [0.05, 0.1) is 5.75 Å². The molecular weight excluding hydrogens is 320 g/mol. The first-order valence-electron chi connectivity index (χ1n) is 8.29. The highest BCUT2D eigenvalue weighted by Gasteiger charge is 2.25. The van der Waals surface area contributed by atoms with Crippen LogP contribution in [0.15, 0.2) is 60.7 Å². The van der Waals surface area contributed by atoms with E-state index in [4.69, 9.17) is 5.73 Å². The summed E-state index contributed by atoms with van der Waals surface area (Å²) in [5.41, 5.74) is 7.62. The molecule has 0 fully saturated rings. The summed E-state index contributed by atoms with van der Waals surface area (Å²) in [4.78, 5) is 0. The fourth-order valence-corrected chi connectivity index (χ4v) is 4.46. The molecule has 0 heterocycles. The van der Waals surface area contributed by atoms with Crippen LogP contribution in [0, 0.1) is 0 Å². The van der Waals surface area contributed by atoms with E-state index in [0.29, 0.717) is 26.1 Å². The minimum absolute atomic E-state index is 0.0488. The predicted octanol–water partition coefficient (Wildman–Crippen LogP) is 2.97. The average molecular weight is 346 g/mol. The summed E-state index contributed by atoms with van der Waals surface area (Å²) in [6.07, 6.45) is 0.659. The van der Waals surface area contributed by atoms with E-state index < -0.39 is 10.0 Å². The van der Waals surface area contributed by atoms with Crippen molar-refractivity contribution < 1.29 is 8.42 Å². The maximum absolute atomic E-state index is 12.9. The fraction of sp³-hybridized carbons (Fsp3) is 0.368. The average Bonchev–Trinajstić information content (AvgIpc) is 2.59. The van der Waals surface area contributed by atoms with Gasteiger partial charge in [0.15, 0.2) is 0 Å². The van der Waals surface area contributed by atoms with Gasteiger partial charge in [-0.1, -0.05) is 67.6 Å². The maximum Gasteiger partial charge on any atom is 0.214 e. The number of nitrogens with two attached hydrogens (primary N) is 1. The third-order valence-electron chi connectivity index (χ3n) is 4.04. The molecule has 0 spiro atoms. The van der Waals surface area contributed by atoms with E-state index in [2.05, 4.69) is 0 Å². The second-order valence-electron chi connectivity index (χ2n) is 6.05. The third kappa shape index (κ3) is 5.44. The van der Waals surface area contributed by atoms with Crippen molar-refractivity contribution in [3.8, 4) is 0 Å². The van der Waals surface area contributed by atoms with Crippen molar-refractivity contribution in [1.82, 2.24) is 4.31 Å². The van der Waals surface area contributed by atoms with Crippen LogP contribution < -0.4 is 5.73 Å². The van der Waals surface area contributed by atoms with Gasteiger partial charge in [0, 0.05) is 13.1 Å². The second-order valence-corrected chi connectivity index (χ2v) is 8.07. The normalized spacial score (nSPS) is 13.1. The largest absolute Gasteiger partial charge is 0.330 e. The van der Waals surface area contributed by atoms with Gasteiger partial charge in [-0.3, -0.25) is 0 Å². The molecule has 130 valence electrons. The van der Waals surface area contributed by atoms with Crippen molar-refractivity contribution in [1.29, 1.82) is 0 Å². The number of nitrogens with zero attached hydrogens (tertiary/aromatic N) is 1. The molecule has 0 aromatic heterocycles. The first kappa shape index (κ1) is 18.6. The van der Waals surface area contributed by atoms with Gasteiger partial charge in [-0.05, 0) is 30.0 Å². The lowest BCUT2D eigenvalue weighted by molar-refractivity contribution is 0.400. The molecular formula is C19H26N2O2S. The Morgan fingerprint density at radius 3 is 2.17 bits per heavy atom. The van der Waals surface area contributed by atoms with E-state index in [1.165, 1.54) is 0 Å². The summed E-state index contributed by atoms with van der Waals surface area (Å²) in [5.74, 6) is 0.0568.